The summed E-state index contributed by atoms with van der Waals surface area (Å²) in [4.78, 5) is 10.0. The lowest BCUT2D eigenvalue weighted by Gasteiger charge is -2.10. The molecular weight excluding hydrogens is 234 g/mol. The fourth-order valence-electron chi connectivity index (χ4n) is 1.35. The third-order valence-corrected chi connectivity index (χ3v) is 2.21. The summed E-state index contributed by atoms with van der Waals surface area (Å²) in [6.45, 7) is 5.10. The highest BCUT2D eigenvalue weighted by Gasteiger charge is 2.11. The van der Waals surface area contributed by atoms with Gasteiger partial charge in [-0.3, -0.25) is 10.1 Å². The summed E-state index contributed by atoms with van der Waals surface area (Å²) in [6.07, 6.45) is 0. The van der Waals surface area contributed by atoms with E-state index in [2.05, 4.69) is 5.32 Å². The minimum absolute atomic E-state index is 0.112. The number of non-ortho nitro benzene ring substituents is 1. The minimum Gasteiger partial charge on any atom is -0.491 e. The van der Waals surface area contributed by atoms with E-state index in [1.165, 1.54) is 18.2 Å². The summed E-state index contributed by atoms with van der Waals surface area (Å²) in [5.41, 5.74) is 0.0629. The van der Waals surface area contributed by atoms with Gasteiger partial charge in [-0.1, -0.05) is 13.8 Å². The first-order valence-electron chi connectivity index (χ1n) is 5.59. The molecule has 0 fully saturated rings. The van der Waals surface area contributed by atoms with Crippen molar-refractivity contribution in [2.75, 3.05) is 13.2 Å². The molecule has 1 aromatic rings. The fourth-order valence-corrected chi connectivity index (χ4v) is 1.35. The van der Waals surface area contributed by atoms with Crippen LogP contribution in [0.25, 0.3) is 0 Å². The number of nitriles is 1. The Balaban J connectivity index is 2.66. The molecule has 1 aromatic carbocycles. The topological polar surface area (TPSA) is 88.2 Å². The Morgan fingerprint density at radius 3 is 2.83 bits per heavy atom. The molecule has 1 N–H and O–H groups in total. The van der Waals surface area contributed by atoms with Crippen LogP contribution in [0.3, 0.4) is 0 Å². The molecule has 0 bridgehead atoms. The molecule has 0 atom stereocenters. The number of nitrogens with zero attached hydrogens (tertiary/aromatic N) is 2. The summed E-state index contributed by atoms with van der Waals surface area (Å²) in [5.74, 6) is 0.369. The first kappa shape index (κ1) is 13.9. The molecule has 6 heteroatoms. The average molecular weight is 249 g/mol. The van der Waals surface area contributed by atoms with E-state index in [4.69, 9.17) is 10.00 Å². The monoisotopic (exact) mass is 249 g/mol. The van der Waals surface area contributed by atoms with Gasteiger partial charge in [0.2, 0.25) is 0 Å². The van der Waals surface area contributed by atoms with Crippen LogP contribution < -0.4 is 10.1 Å². The first-order valence-corrected chi connectivity index (χ1v) is 5.59. The van der Waals surface area contributed by atoms with Crippen molar-refractivity contribution < 1.29 is 9.66 Å². The second-order valence-electron chi connectivity index (χ2n) is 4.01. The van der Waals surface area contributed by atoms with Crippen LogP contribution in [-0.4, -0.2) is 24.1 Å². The Bertz CT molecular complexity index is 466. The van der Waals surface area contributed by atoms with E-state index >= 15 is 0 Å². The first-order chi connectivity index (χ1) is 8.54. The van der Waals surface area contributed by atoms with Crippen molar-refractivity contribution in [2.24, 2.45) is 0 Å². The van der Waals surface area contributed by atoms with Gasteiger partial charge in [0.15, 0.2) is 0 Å². The summed E-state index contributed by atoms with van der Waals surface area (Å²) >= 11 is 0. The van der Waals surface area contributed by atoms with E-state index < -0.39 is 4.92 Å². The van der Waals surface area contributed by atoms with Gasteiger partial charge < -0.3 is 10.1 Å². The Kier molecular flexibility index (Phi) is 5.08. The highest BCUT2D eigenvalue weighted by Crippen LogP contribution is 2.23. The van der Waals surface area contributed by atoms with Crippen LogP contribution in [0.15, 0.2) is 18.2 Å². The maximum Gasteiger partial charge on any atom is 0.271 e. The molecule has 6 nitrogen and oxygen atoms in total. The van der Waals surface area contributed by atoms with Gasteiger partial charge in [-0.25, -0.2) is 0 Å². The van der Waals surface area contributed by atoms with Crippen molar-refractivity contribution in [1.82, 2.24) is 5.32 Å². The molecule has 0 aliphatic heterocycles. The third-order valence-electron chi connectivity index (χ3n) is 2.21. The van der Waals surface area contributed by atoms with Crippen molar-refractivity contribution in [3.63, 3.8) is 0 Å². The van der Waals surface area contributed by atoms with E-state index in [-0.39, 0.29) is 11.3 Å². The van der Waals surface area contributed by atoms with Gasteiger partial charge >= 0.3 is 0 Å². The van der Waals surface area contributed by atoms with E-state index in [9.17, 15) is 10.1 Å². The lowest BCUT2D eigenvalue weighted by atomic mass is 10.2. The van der Waals surface area contributed by atoms with Gasteiger partial charge in [0.05, 0.1) is 4.92 Å². The summed E-state index contributed by atoms with van der Waals surface area (Å²) < 4.78 is 5.41. The van der Waals surface area contributed by atoms with Gasteiger partial charge in [-0.2, -0.15) is 5.26 Å². The van der Waals surface area contributed by atoms with Crippen LogP contribution in [-0.2, 0) is 0 Å². The van der Waals surface area contributed by atoms with Crippen LogP contribution in [0.1, 0.15) is 19.4 Å². The zero-order valence-electron chi connectivity index (χ0n) is 10.3. The van der Waals surface area contributed by atoms with Crippen LogP contribution in [0.2, 0.25) is 0 Å². The second-order valence-corrected chi connectivity index (χ2v) is 4.01. The maximum atomic E-state index is 10.6. The van der Waals surface area contributed by atoms with Gasteiger partial charge in [0.1, 0.15) is 24.0 Å². The highest BCUT2D eigenvalue weighted by atomic mass is 16.6. The number of nitrogens with one attached hydrogen (secondary N) is 1. The standard InChI is InChI=1S/C12H15N3O3/c1-9(2)14-5-6-18-12-4-3-11(15(16)17)7-10(12)8-13/h3-4,7,9,14H,5-6H2,1-2H3. The van der Waals surface area contributed by atoms with Gasteiger partial charge in [0.25, 0.3) is 5.69 Å². The predicted molar refractivity (Wildman–Crippen MR) is 66.4 cm³/mol. The van der Waals surface area contributed by atoms with E-state index in [1.54, 1.807) is 0 Å². The quantitative estimate of drug-likeness (QED) is 0.472. The van der Waals surface area contributed by atoms with E-state index in [1.807, 2.05) is 19.9 Å². The Hall–Kier alpha value is -2.13. The number of benzene rings is 1. The third kappa shape index (κ3) is 4.03. The number of nitro groups is 1. The molecule has 0 unspecified atom stereocenters. The van der Waals surface area contributed by atoms with Crippen molar-refractivity contribution in [3.05, 3.63) is 33.9 Å². The van der Waals surface area contributed by atoms with Crippen LogP contribution in [0.4, 0.5) is 5.69 Å². The highest BCUT2D eigenvalue weighted by molar-refractivity contribution is 5.50. The molecule has 0 aliphatic carbocycles. The zero-order chi connectivity index (χ0) is 13.5. The summed E-state index contributed by atoms with van der Waals surface area (Å²) in [6, 6.07) is 6.24. The Morgan fingerprint density at radius 1 is 1.56 bits per heavy atom. The molecule has 1 rings (SSSR count). The van der Waals surface area contributed by atoms with Crippen molar-refractivity contribution >= 4 is 5.69 Å². The van der Waals surface area contributed by atoms with Crippen LogP contribution >= 0.6 is 0 Å². The number of nitro benzene ring substituents is 1. The Labute approximate surface area is 105 Å². The van der Waals surface area contributed by atoms with Crippen LogP contribution in [0, 0.1) is 21.4 Å². The molecule has 0 radical (unpaired) electrons. The smallest absolute Gasteiger partial charge is 0.271 e. The molecule has 0 saturated carbocycles. The molecule has 0 saturated heterocycles. The van der Waals surface area contributed by atoms with E-state index in [0.717, 1.165) is 0 Å². The summed E-state index contributed by atoms with van der Waals surface area (Å²) in [5, 5.41) is 22.6. The fraction of sp³-hybridized carbons (Fsp3) is 0.417. The van der Waals surface area contributed by atoms with Crippen molar-refractivity contribution in [3.8, 4) is 11.8 Å². The molecule has 18 heavy (non-hydrogen) atoms. The molecule has 0 aromatic heterocycles. The minimum atomic E-state index is -0.537. The predicted octanol–water partition coefficient (Wildman–Crippen LogP) is 1.84. The number of ether oxygens (including phenoxy) is 1. The van der Waals surface area contributed by atoms with Gasteiger partial charge in [-0.05, 0) is 6.07 Å². The SMILES string of the molecule is CC(C)NCCOc1ccc([N+](=O)[O-])cc1C#N. The van der Waals surface area contributed by atoms with Crippen LogP contribution in [0.5, 0.6) is 5.75 Å². The summed E-state index contributed by atoms with van der Waals surface area (Å²) in [7, 11) is 0. The average Bonchev–Trinajstić information content (AvgIpc) is 2.34. The zero-order valence-corrected chi connectivity index (χ0v) is 10.3. The van der Waals surface area contributed by atoms with Crippen molar-refractivity contribution in [1.29, 1.82) is 5.26 Å². The molecular formula is C12H15N3O3. The molecule has 96 valence electrons. The largest absolute Gasteiger partial charge is 0.491 e. The van der Waals surface area contributed by atoms with Gasteiger partial charge in [0, 0.05) is 24.7 Å². The number of hydrogen-bond acceptors (Lipinski definition) is 5. The molecule has 0 amide bonds. The molecule has 0 heterocycles. The lowest BCUT2D eigenvalue weighted by Crippen LogP contribution is -2.27. The molecule has 0 aliphatic rings. The van der Waals surface area contributed by atoms with Gasteiger partial charge in [-0.15, -0.1) is 0 Å². The number of rotatable bonds is 6. The maximum absolute atomic E-state index is 10.6. The second kappa shape index (κ2) is 6.57. The Morgan fingerprint density at radius 2 is 2.28 bits per heavy atom. The molecule has 0 spiro atoms. The van der Waals surface area contributed by atoms with Crippen molar-refractivity contribution in [2.45, 2.75) is 19.9 Å². The number of hydrogen-bond donors (Lipinski definition) is 1. The van der Waals surface area contributed by atoms with E-state index in [0.29, 0.717) is 24.9 Å². The normalized spacial score (nSPS) is 10.1. The lowest BCUT2D eigenvalue weighted by molar-refractivity contribution is -0.384.